The minimum Gasteiger partial charge on any atom is -0.378 e. The summed E-state index contributed by atoms with van der Waals surface area (Å²) >= 11 is 1.72. The number of carbonyl (C=O) groups excluding carboxylic acids is 1. The zero-order valence-corrected chi connectivity index (χ0v) is 17.5. The number of rotatable bonds is 3. The van der Waals surface area contributed by atoms with Crippen molar-refractivity contribution >= 4 is 29.0 Å². The lowest BCUT2D eigenvalue weighted by atomic mass is 9.87. The molecular formula is C23H26N2O3S. The highest BCUT2D eigenvalue weighted by molar-refractivity contribution is 7.99. The number of amides is 1. The van der Waals surface area contributed by atoms with Gasteiger partial charge in [0.2, 0.25) is 5.91 Å². The first-order valence-corrected chi connectivity index (χ1v) is 11.1. The third-order valence-electron chi connectivity index (χ3n) is 6.24. The molecule has 0 radical (unpaired) electrons. The highest BCUT2D eigenvalue weighted by atomic mass is 32.2. The van der Waals surface area contributed by atoms with Crippen LogP contribution in [0.4, 0.5) is 11.4 Å². The average Bonchev–Trinajstić information content (AvgIpc) is 3.20. The van der Waals surface area contributed by atoms with E-state index >= 15 is 0 Å². The van der Waals surface area contributed by atoms with E-state index in [1.807, 2.05) is 41.3 Å². The molecule has 0 saturated carbocycles. The van der Waals surface area contributed by atoms with Gasteiger partial charge in [0, 0.05) is 36.6 Å². The number of methoxy groups -OCH3 is 1. The molecule has 0 aliphatic carbocycles. The van der Waals surface area contributed by atoms with Crippen molar-refractivity contribution < 1.29 is 14.3 Å². The van der Waals surface area contributed by atoms with Crippen LogP contribution in [0.3, 0.4) is 0 Å². The Bertz CT molecular complexity index is 867. The molecule has 5 rings (SSSR count). The fourth-order valence-corrected chi connectivity index (χ4v) is 5.98. The van der Waals surface area contributed by atoms with Crippen molar-refractivity contribution in [3.8, 4) is 0 Å². The summed E-state index contributed by atoms with van der Waals surface area (Å²) in [7, 11) is 1.77. The Labute approximate surface area is 176 Å². The van der Waals surface area contributed by atoms with Gasteiger partial charge in [0.25, 0.3) is 0 Å². The van der Waals surface area contributed by atoms with Crippen LogP contribution < -0.4 is 4.90 Å². The number of likely N-dealkylation sites (tertiary alicyclic amines) is 1. The van der Waals surface area contributed by atoms with Crippen LogP contribution in [-0.2, 0) is 14.3 Å². The summed E-state index contributed by atoms with van der Waals surface area (Å²) in [6, 6.07) is 16.3. The largest absolute Gasteiger partial charge is 0.378 e. The summed E-state index contributed by atoms with van der Waals surface area (Å²) < 4.78 is 11.9. The van der Waals surface area contributed by atoms with Gasteiger partial charge in [0.05, 0.1) is 24.0 Å². The monoisotopic (exact) mass is 410 g/mol. The van der Waals surface area contributed by atoms with Gasteiger partial charge >= 0.3 is 0 Å². The molecule has 0 aromatic heterocycles. The Balaban J connectivity index is 1.40. The van der Waals surface area contributed by atoms with Crippen LogP contribution in [0, 0.1) is 0 Å². The average molecular weight is 411 g/mol. The standard InChI is InChI=1S/C23H26N2O3S/c1-27-21-11-13-24(16-23(21)12-6-14-28-23)15-22(26)25-17-7-2-4-9-19(17)29-20-10-5-3-8-18(20)25/h2-5,7-10,21H,6,11-16H2,1H3/t21-,23-/m1/s1. The van der Waals surface area contributed by atoms with Crippen LogP contribution in [0.15, 0.2) is 58.3 Å². The molecule has 2 aromatic rings. The number of nitrogens with zero attached hydrogens (tertiary/aromatic N) is 2. The minimum atomic E-state index is -0.263. The van der Waals surface area contributed by atoms with Gasteiger partial charge in [-0.15, -0.1) is 0 Å². The van der Waals surface area contributed by atoms with Gasteiger partial charge in [-0.3, -0.25) is 14.6 Å². The minimum absolute atomic E-state index is 0.106. The van der Waals surface area contributed by atoms with Crippen LogP contribution in [0.1, 0.15) is 19.3 Å². The molecule has 6 heteroatoms. The summed E-state index contributed by atoms with van der Waals surface area (Å²) in [5, 5.41) is 0. The van der Waals surface area contributed by atoms with E-state index in [1.54, 1.807) is 18.9 Å². The van der Waals surface area contributed by atoms with Crippen LogP contribution in [0.25, 0.3) is 0 Å². The van der Waals surface area contributed by atoms with Crippen molar-refractivity contribution in [1.29, 1.82) is 0 Å². The zero-order valence-electron chi connectivity index (χ0n) is 16.7. The fourth-order valence-electron chi connectivity index (χ4n) is 4.92. The second-order valence-corrected chi connectivity index (χ2v) is 9.09. The van der Waals surface area contributed by atoms with E-state index in [9.17, 15) is 4.79 Å². The molecule has 2 fully saturated rings. The van der Waals surface area contributed by atoms with Crippen molar-refractivity contribution in [2.24, 2.45) is 0 Å². The van der Waals surface area contributed by atoms with Gasteiger partial charge in [-0.05, 0) is 43.5 Å². The lowest BCUT2D eigenvalue weighted by molar-refractivity contribution is -0.147. The van der Waals surface area contributed by atoms with E-state index in [4.69, 9.17) is 9.47 Å². The molecule has 3 heterocycles. The number of anilines is 2. The Hall–Kier alpha value is -1.86. The Morgan fingerprint density at radius 3 is 2.48 bits per heavy atom. The normalized spacial score (nSPS) is 26.4. The Morgan fingerprint density at radius 1 is 1.17 bits per heavy atom. The van der Waals surface area contributed by atoms with Gasteiger partial charge in [0.15, 0.2) is 0 Å². The molecule has 5 nitrogen and oxygen atoms in total. The number of fused-ring (bicyclic) bond motifs is 2. The number of hydrogen-bond donors (Lipinski definition) is 0. The van der Waals surface area contributed by atoms with E-state index in [0.29, 0.717) is 6.54 Å². The summed E-state index contributed by atoms with van der Waals surface area (Å²) in [5.41, 5.74) is 1.68. The topological polar surface area (TPSA) is 42.0 Å². The van der Waals surface area contributed by atoms with E-state index in [-0.39, 0.29) is 17.6 Å². The molecule has 3 aliphatic heterocycles. The van der Waals surface area contributed by atoms with E-state index < -0.39 is 0 Å². The quantitative estimate of drug-likeness (QED) is 0.763. The van der Waals surface area contributed by atoms with Crippen molar-refractivity contribution in [3.63, 3.8) is 0 Å². The molecule has 1 spiro atoms. The number of piperidine rings is 1. The van der Waals surface area contributed by atoms with Crippen molar-refractivity contribution in [2.75, 3.05) is 38.3 Å². The van der Waals surface area contributed by atoms with E-state index in [2.05, 4.69) is 17.0 Å². The lowest BCUT2D eigenvalue weighted by Crippen LogP contribution is -2.58. The first-order chi connectivity index (χ1) is 14.2. The molecule has 152 valence electrons. The molecule has 29 heavy (non-hydrogen) atoms. The molecule has 0 unspecified atom stereocenters. The maximum atomic E-state index is 13.5. The van der Waals surface area contributed by atoms with Gasteiger partial charge in [-0.2, -0.15) is 0 Å². The summed E-state index contributed by atoms with van der Waals surface area (Å²) in [6.07, 6.45) is 3.07. The molecular weight excluding hydrogens is 384 g/mol. The third-order valence-corrected chi connectivity index (χ3v) is 7.37. The number of para-hydroxylation sites is 2. The third kappa shape index (κ3) is 3.38. The van der Waals surface area contributed by atoms with Crippen molar-refractivity contribution in [3.05, 3.63) is 48.5 Å². The van der Waals surface area contributed by atoms with Crippen LogP contribution in [0.5, 0.6) is 0 Å². The van der Waals surface area contributed by atoms with Gasteiger partial charge in [0.1, 0.15) is 5.60 Å². The Kier molecular flexibility index (Phi) is 5.12. The SMILES string of the molecule is CO[C@@H]1CCN(CC(=O)N2c3ccccc3Sc3ccccc32)C[C@]12CCCO2. The lowest BCUT2D eigenvalue weighted by Gasteiger charge is -2.45. The Morgan fingerprint density at radius 2 is 1.86 bits per heavy atom. The molecule has 3 aliphatic rings. The smallest absolute Gasteiger partial charge is 0.245 e. The van der Waals surface area contributed by atoms with E-state index in [1.165, 1.54) is 0 Å². The molecule has 0 bridgehead atoms. The molecule has 2 aromatic carbocycles. The number of hydrogen-bond acceptors (Lipinski definition) is 5. The molecule has 2 atom stereocenters. The fraction of sp³-hybridized carbons (Fsp3) is 0.435. The van der Waals surface area contributed by atoms with Crippen LogP contribution >= 0.6 is 11.8 Å². The van der Waals surface area contributed by atoms with Gasteiger partial charge in [-0.25, -0.2) is 0 Å². The number of carbonyl (C=O) groups is 1. The van der Waals surface area contributed by atoms with Crippen LogP contribution in [-0.4, -0.2) is 55.9 Å². The van der Waals surface area contributed by atoms with Crippen molar-refractivity contribution in [2.45, 2.75) is 40.8 Å². The maximum Gasteiger partial charge on any atom is 0.245 e. The van der Waals surface area contributed by atoms with Gasteiger partial charge < -0.3 is 9.47 Å². The summed E-state index contributed by atoms with van der Waals surface area (Å²) in [5.74, 6) is 0.106. The molecule has 0 N–H and O–H groups in total. The first-order valence-electron chi connectivity index (χ1n) is 10.3. The highest BCUT2D eigenvalue weighted by Crippen LogP contribution is 2.48. The highest BCUT2D eigenvalue weighted by Gasteiger charge is 2.47. The molecule has 1 amide bonds. The second-order valence-electron chi connectivity index (χ2n) is 8.01. The second kappa shape index (κ2) is 7.76. The zero-order chi connectivity index (χ0) is 19.8. The van der Waals surface area contributed by atoms with E-state index in [0.717, 1.165) is 60.1 Å². The molecule has 2 saturated heterocycles. The number of benzene rings is 2. The summed E-state index contributed by atoms with van der Waals surface area (Å²) in [4.78, 5) is 19.9. The summed E-state index contributed by atoms with van der Waals surface area (Å²) in [6.45, 7) is 2.77. The maximum absolute atomic E-state index is 13.5. The van der Waals surface area contributed by atoms with Crippen molar-refractivity contribution in [1.82, 2.24) is 4.90 Å². The van der Waals surface area contributed by atoms with Crippen LogP contribution in [0.2, 0.25) is 0 Å². The van der Waals surface area contributed by atoms with Gasteiger partial charge in [-0.1, -0.05) is 36.0 Å². The number of ether oxygens (including phenoxy) is 2. The predicted octanol–water partition coefficient (Wildman–Crippen LogP) is 4.09. The first kappa shape index (κ1) is 19.1. The predicted molar refractivity (Wildman–Crippen MR) is 114 cm³/mol.